The molecule has 0 saturated heterocycles. The number of rotatable bonds is 5. The second-order valence-corrected chi connectivity index (χ2v) is 8.24. The molecule has 0 spiro atoms. The van der Waals surface area contributed by atoms with Crippen LogP contribution in [-0.4, -0.2) is 11.8 Å². The van der Waals surface area contributed by atoms with Gasteiger partial charge in [0.15, 0.2) is 0 Å². The second-order valence-electron chi connectivity index (χ2n) is 8.24. The molecule has 0 heterocycles. The van der Waals surface area contributed by atoms with Gasteiger partial charge in [0.2, 0.25) is 0 Å². The Morgan fingerprint density at radius 1 is 0.906 bits per heavy atom. The van der Waals surface area contributed by atoms with E-state index < -0.39 is 11.8 Å². The minimum atomic E-state index is -0.629. The molecule has 0 radical (unpaired) electrons. The number of hydrogen-bond donors (Lipinski definition) is 2. The first-order chi connectivity index (χ1) is 15.6. The number of para-hydroxylation sites is 1. The number of carbonyl (C=O) groups excluding carboxylic acids is 2. The van der Waals surface area contributed by atoms with Crippen molar-refractivity contribution in [3.63, 3.8) is 0 Å². The summed E-state index contributed by atoms with van der Waals surface area (Å²) in [7, 11) is 0. The van der Waals surface area contributed by atoms with Crippen molar-refractivity contribution < 1.29 is 9.59 Å². The number of fused-ring (bicyclic) bond motifs is 1. The van der Waals surface area contributed by atoms with Gasteiger partial charge >= 0.3 is 11.8 Å². The summed E-state index contributed by atoms with van der Waals surface area (Å²) in [5, 5.41) is 2.97. The van der Waals surface area contributed by atoms with Crippen molar-refractivity contribution in [1.29, 1.82) is 0 Å². The summed E-state index contributed by atoms with van der Waals surface area (Å²) in [6, 6.07) is 22.3. The van der Waals surface area contributed by atoms with Gasteiger partial charge in [0, 0.05) is 17.1 Å². The number of hydrogen-bond acceptors (Lipinski definition) is 3. The Hall–Kier alpha value is -3.60. The van der Waals surface area contributed by atoms with Crippen molar-refractivity contribution in [2.75, 3.05) is 10.6 Å². The Kier molecular flexibility index (Phi) is 6.55. The standard InChI is InChI=1S/C27H29N3O2/c1-2-25(21-13-12-19-8-6-7-9-20(19)18-21)29-26(31)27(32)30(23-10-4-3-5-11-23)24-16-14-22(28)15-17-24/h3-5,10-18,25H,2,6-9,28H2,1H3,(H,29,31). The number of aryl methyl sites for hydroxylation is 2. The molecule has 1 aliphatic carbocycles. The van der Waals surface area contributed by atoms with E-state index >= 15 is 0 Å². The summed E-state index contributed by atoms with van der Waals surface area (Å²) in [6.45, 7) is 2.02. The van der Waals surface area contributed by atoms with Gasteiger partial charge in [-0.1, -0.05) is 43.3 Å². The molecule has 164 valence electrons. The number of nitrogen functional groups attached to an aromatic ring is 1. The average Bonchev–Trinajstić information content (AvgIpc) is 2.84. The fourth-order valence-corrected chi connectivity index (χ4v) is 4.30. The molecule has 0 saturated carbocycles. The monoisotopic (exact) mass is 427 g/mol. The minimum absolute atomic E-state index is 0.220. The zero-order valence-electron chi connectivity index (χ0n) is 18.4. The number of nitrogens with one attached hydrogen (secondary N) is 1. The van der Waals surface area contributed by atoms with Crippen molar-refractivity contribution in [3.8, 4) is 0 Å². The van der Waals surface area contributed by atoms with Crippen molar-refractivity contribution in [1.82, 2.24) is 5.32 Å². The Morgan fingerprint density at radius 3 is 2.25 bits per heavy atom. The lowest BCUT2D eigenvalue weighted by molar-refractivity contribution is -0.137. The van der Waals surface area contributed by atoms with Crippen LogP contribution in [0.4, 0.5) is 17.1 Å². The van der Waals surface area contributed by atoms with E-state index in [-0.39, 0.29) is 6.04 Å². The fourth-order valence-electron chi connectivity index (χ4n) is 4.30. The lowest BCUT2D eigenvalue weighted by Gasteiger charge is -2.25. The van der Waals surface area contributed by atoms with E-state index in [1.165, 1.54) is 28.9 Å². The van der Waals surface area contributed by atoms with Crippen molar-refractivity contribution >= 4 is 28.9 Å². The van der Waals surface area contributed by atoms with E-state index in [0.29, 0.717) is 23.5 Å². The zero-order chi connectivity index (χ0) is 22.5. The van der Waals surface area contributed by atoms with Crippen LogP contribution in [0.2, 0.25) is 0 Å². The highest BCUT2D eigenvalue weighted by Crippen LogP contribution is 2.28. The summed E-state index contributed by atoms with van der Waals surface area (Å²) in [6.07, 6.45) is 5.32. The molecule has 1 aliphatic rings. The normalized spacial score (nSPS) is 13.7. The molecule has 1 unspecified atom stereocenters. The van der Waals surface area contributed by atoms with Gasteiger partial charge < -0.3 is 11.1 Å². The number of benzene rings is 3. The molecule has 3 aromatic rings. The molecule has 32 heavy (non-hydrogen) atoms. The van der Waals surface area contributed by atoms with Crippen LogP contribution >= 0.6 is 0 Å². The minimum Gasteiger partial charge on any atom is -0.399 e. The smallest absolute Gasteiger partial charge is 0.320 e. The van der Waals surface area contributed by atoms with Crippen LogP contribution < -0.4 is 16.0 Å². The number of carbonyl (C=O) groups is 2. The third kappa shape index (κ3) is 4.67. The SMILES string of the molecule is CCC(NC(=O)C(=O)N(c1ccccc1)c1ccc(N)cc1)c1ccc2c(c1)CCCC2. The van der Waals surface area contributed by atoms with E-state index in [1.807, 2.05) is 37.3 Å². The molecular formula is C27H29N3O2. The zero-order valence-corrected chi connectivity index (χ0v) is 18.4. The Labute approximate surface area is 189 Å². The van der Waals surface area contributed by atoms with Crippen LogP contribution in [0, 0.1) is 0 Å². The Morgan fingerprint density at radius 2 is 1.56 bits per heavy atom. The highest BCUT2D eigenvalue weighted by molar-refractivity contribution is 6.42. The van der Waals surface area contributed by atoms with E-state index in [4.69, 9.17) is 5.73 Å². The van der Waals surface area contributed by atoms with E-state index in [2.05, 4.69) is 23.5 Å². The molecule has 0 bridgehead atoms. The number of nitrogens with zero attached hydrogens (tertiary/aromatic N) is 1. The first kappa shape index (κ1) is 21.6. The number of anilines is 3. The first-order valence-electron chi connectivity index (χ1n) is 11.2. The fraction of sp³-hybridized carbons (Fsp3) is 0.259. The predicted octanol–water partition coefficient (Wildman–Crippen LogP) is 5.08. The van der Waals surface area contributed by atoms with E-state index in [0.717, 1.165) is 18.4 Å². The molecular weight excluding hydrogens is 398 g/mol. The van der Waals surface area contributed by atoms with Crippen molar-refractivity contribution in [2.45, 2.75) is 45.1 Å². The summed E-state index contributed by atoms with van der Waals surface area (Å²) in [5.41, 5.74) is 11.4. The maximum atomic E-state index is 13.3. The summed E-state index contributed by atoms with van der Waals surface area (Å²) in [5.74, 6) is -1.26. The first-order valence-corrected chi connectivity index (χ1v) is 11.2. The van der Waals surface area contributed by atoms with Crippen LogP contribution in [0.1, 0.15) is 48.9 Å². The maximum absolute atomic E-state index is 13.3. The highest BCUT2D eigenvalue weighted by Gasteiger charge is 2.27. The summed E-state index contributed by atoms with van der Waals surface area (Å²) in [4.78, 5) is 27.9. The number of nitrogens with two attached hydrogens (primary N) is 1. The van der Waals surface area contributed by atoms with Gasteiger partial charge in [-0.3, -0.25) is 14.5 Å². The Balaban J connectivity index is 1.58. The molecule has 3 aromatic carbocycles. The molecule has 0 aromatic heterocycles. The lowest BCUT2D eigenvalue weighted by atomic mass is 9.89. The Bertz CT molecular complexity index is 1090. The van der Waals surface area contributed by atoms with Gasteiger partial charge in [-0.25, -0.2) is 0 Å². The van der Waals surface area contributed by atoms with Crippen LogP contribution in [0.15, 0.2) is 72.8 Å². The molecule has 5 nitrogen and oxygen atoms in total. The van der Waals surface area contributed by atoms with Gasteiger partial charge in [-0.15, -0.1) is 0 Å². The van der Waals surface area contributed by atoms with Crippen LogP contribution in [0.5, 0.6) is 0 Å². The second kappa shape index (κ2) is 9.69. The van der Waals surface area contributed by atoms with Gasteiger partial charge in [0.25, 0.3) is 0 Å². The van der Waals surface area contributed by atoms with Crippen molar-refractivity contribution in [3.05, 3.63) is 89.5 Å². The van der Waals surface area contributed by atoms with E-state index in [1.54, 1.807) is 24.3 Å². The topological polar surface area (TPSA) is 75.4 Å². The van der Waals surface area contributed by atoms with E-state index in [9.17, 15) is 9.59 Å². The quantitative estimate of drug-likeness (QED) is 0.440. The molecule has 1 atom stereocenters. The molecule has 3 N–H and O–H groups in total. The van der Waals surface area contributed by atoms with Gasteiger partial charge in [0.1, 0.15) is 0 Å². The third-order valence-electron chi connectivity index (χ3n) is 6.05. The predicted molar refractivity (Wildman–Crippen MR) is 129 cm³/mol. The highest BCUT2D eigenvalue weighted by atomic mass is 16.2. The lowest BCUT2D eigenvalue weighted by Crippen LogP contribution is -2.42. The summed E-state index contributed by atoms with van der Waals surface area (Å²) >= 11 is 0. The molecule has 0 fully saturated rings. The van der Waals surface area contributed by atoms with Gasteiger partial charge in [0.05, 0.1) is 6.04 Å². The number of amides is 2. The van der Waals surface area contributed by atoms with Crippen molar-refractivity contribution in [2.24, 2.45) is 0 Å². The maximum Gasteiger partial charge on any atom is 0.320 e. The molecule has 4 rings (SSSR count). The molecule has 2 amide bonds. The third-order valence-corrected chi connectivity index (χ3v) is 6.05. The molecule has 0 aliphatic heterocycles. The van der Waals surface area contributed by atoms with Gasteiger partial charge in [-0.05, 0) is 85.2 Å². The van der Waals surface area contributed by atoms with Gasteiger partial charge in [-0.2, -0.15) is 0 Å². The average molecular weight is 428 g/mol. The molecule has 5 heteroatoms. The van der Waals surface area contributed by atoms with Crippen LogP contribution in [-0.2, 0) is 22.4 Å². The largest absolute Gasteiger partial charge is 0.399 e. The summed E-state index contributed by atoms with van der Waals surface area (Å²) < 4.78 is 0. The van der Waals surface area contributed by atoms with Crippen LogP contribution in [0.25, 0.3) is 0 Å². The van der Waals surface area contributed by atoms with Crippen LogP contribution in [0.3, 0.4) is 0 Å².